The first kappa shape index (κ1) is 17.4. The molecule has 20 heavy (non-hydrogen) atoms. The molecule has 0 aromatic heterocycles. The zero-order chi connectivity index (χ0) is 15.1. The van der Waals surface area contributed by atoms with Gasteiger partial charge in [0.2, 0.25) is 5.91 Å². The lowest BCUT2D eigenvalue weighted by atomic mass is 9.72. The predicted octanol–water partition coefficient (Wildman–Crippen LogP) is 0.690. The van der Waals surface area contributed by atoms with Crippen LogP contribution in [0.4, 0.5) is 0 Å². The Morgan fingerprint density at radius 1 is 1.30 bits per heavy atom. The van der Waals surface area contributed by atoms with E-state index in [-0.39, 0.29) is 17.9 Å². The molecule has 0 spiro atoms. The Bertz CT molecular complexity index is 299. The van der Waals surface area contributed by atoms with Crippen molar-refractivity contribution in [2.75, 3.05) is 40.4 Å². The lowest BCUT2D eigenvalue weighted by molar-refractivity contribution is -0.128. The third-order valence-corrected chi connectivity index (χ3v) is 4.49. The van der Waals surface area contributed by atoms with Crippen molar-refractivity contribution in [3.63, 3.8) is 0 Å². The number of hydrogen-bond donors (Lipinski definition) is 2. The van der Waals surface area contributed by atoms with Gasteiger partial charge in [0.05, 0.1) is 6.61 Å². The highest BCUT2D eigenvalue weighted by Crippen LogP contribution is 2.32. The van der Waals surface area contributed by atoms with E-state index in [9.17, 15) is 4.79 Å². The number of carbonyl (C=O) groups excluding carboxylic acids is 1. The number of likely N-dealkylation sites (N-methyl/N-ethyl adjacent to an activating group) is 1. The molecule has 0 aliphatic heterocycles. The number of hydrogen-bond acceptors (Lipinski definition) is 4. The molecular weight excluding hydrogens is 254 g/mol. The molecule has 1 saturated carbocycles. The van der Waals surface area contributed by atoms with Gasteiger partial charge in [0.25, 0.3) is 0 Å². The molecule has 1 aliphatic rings. The maximum absolute atomic E-state index is 12.2. The smallest absolute Gasteiger partial charge is 0.223 e. The highest BCUT2D eigenvalue weighted by molar-refractivity contribution is 5.79. The standard InChI is InChI=1S/C15H31N3O2/c1-11-9-12(2)14(16)10-13(11)15(19)17-5-6-18(3)7-8-20-4/h11-14H,5-10,16H2,1-4H3,(H,17,19). The molecule has 1 fully saturated rings. The molecule has 118 valence electrons. The van der Waals surface area contributed by atoms with Crippen LogP contribution in [0.5, 0.6) is 0 Å². The molecule has 3 N–H and O–H groups in total. The second-order valence-electron chi connectivity index (χ2n) is 6.28. The van der Waals surface area contributed by atoms with Crippen molar-refractivity contribution in [2.45, 2.75) is 32.7 Å². The fraction of sp³-hybridized carbons (Fsp3) is 0.933. The fourth-order valence-electron chi connectivity index (χ4n) is 2.91. The first-order valence-corrected chi connectivity index (χ1v) is 7.66. The first-order chi connectivity index (χ1) is 9.45. The van der Waals surface area contributed by atoms with Crippen molar-refractivity contribution in [1.29, 1.82) is 0 Å². The Hall–Kier alpha value is -0.650. The van der Waals surface area contributed by atoms with Gasteiger partial charge in [0.15, 0.2) is 0 Å². The maximum atomic E-state index is 12.2. The Balaban J connectivity index is 2.28. The highest BCUT2D eigenvalue weighted by Gasteiger charge is 2.34. The van der Waals surface area contributed by atoms with Gasteiger partial charge in [-0.05, 0) is 31.7 Å². The van der Waals surface area contributed by atoms with Gasteiger partial charge in [0, 0.05) is 38.7 Å². The zero-order valence-corrected chi connectivity index (χ0v) is 13.4. The van der Waals surface area contributed by atoms with Crippen molar-refractivity contribution in [3.8, 4) is 0 Å². The maximum Gasteiger partial charge on any atom is 0.223 e. The summed E-state index contributed by atoms with van der Waals surface area (Å²) < 4.78 is 5.03. The molecule has 1 rings (SSSR count). The quantitative estimate of drug-likeness (QED) is 0.722. The summed E-state index contributed by atoms with van der Waals surface area (Å²) >= 11 is 0. The summed E-state index contributed by atoms with van der Waals surface area (Å²) in [5, 5.41) is 3.05. The van der Waals surface area contributed by atoms with Crippen LogP contribution in [0.3, 0.4) is 0 Å². The second-order valence-corrected chi connectivity index (χ2v) is 6.28. The fourth-order valence-corrected chi connectivity index (χ4v) is 2.91. The summed E-state index contributed by atoms with van der Waals surface area (Å²) in [6.07, 6.45) is 1.86. The summed E-state index contributed by atoms with van der Waals surface area (Å²) in [6, 6.07) is 0.159. The largest absolute Gasteiger partial charge is 0.383 e. The van der Waals surface area contributed by atoms with E-state index in [1.54, 1.807) is 7.11 Å². The normalized spacial score (nSPS) is 30.5. The number of carbonyl (C=O) groups is 1. The number of rotatable bonds is 7. The van der Waals surface area contributed by atoms with Gasteiger partial charge in [-0.15, -0.1) is 0 Å². The first-order valence-electron chi connectivity index (χ1n) is 7.66. The van der Waals surface area contributed by atoms with Crippen molar-refractivity contribution >= 4 is 5.91 Å². The van der Waals surface area contributed by atoms with Crippen LogP contribution >= 0.6 is 0 Å². The van der Waals surface area contributed by atoms with E-state index in [0.717, 1.165) is 32.5 Å². The van der Waals surface area contributed by atoms with Gasteiger partial charge >= 0.3 is 0 Å². The molecule has 0 heterocycles. The molecule has 0 saturated heterocycles. The van der Waals surface area contributed by atoms with Crippen LogP contribution in [-0.4, -0.2) is 57.2 Å². The van der Waals surface area contributed by atoms with Crippen molar-refractivity contribution < 1.29 is 9.53 Å². The minimum atomic E-state index is 0.0745. The Morgan fingerprint density at radius 2 is 2.00 bits per heavy atom. The molecule has 1 aliphatic carbocycles. The zero-order valence-electron chi connectivity index (χ0n) is 13.4. The van der Waals surface area contributed by atoms with Crippen molar-refractivity contribution in [1.82, 2.24) is 10.2 Å². The summed E-state index contributed by atoms with van der Waals surface area (Å²) in [4.78, 5) is 14.4. The van der Waals surface area contributed by atoms with Crippen LogP contribution in [0.25, 0.3) is 0 Å². The SMILES string of the molecule is COCCN(C)CCNC(=O)C1CC(N)C(C)CC1C. The molecule has 5 nitrogen and oxygen atoms in total. The van der Waals surface area contributed by atoms with E-state index in [1.165, 1.54) is 0 Å². The van der Waals surface area contributed by atoms with Crippen LogP contribution in [0.2, 0.25) is 0 Å². The topological polar surface area (TPSA) is 67.6 Å². The average molecular weight is 285 g/mol. The van der Waals surface area contributed by atoms with Gasteiger partial charge in [-0.3, -0.25) is 4.79 Å². The highest BCUT2D eigenvalue weighted by atomic mass is 16.5. The van der Waals surface area contributed by atoms with Crippen molar-refractivity contribution in [2.24, 2.45) is 23.5 Å². The van der Waals surface area contributed by atoms with E-state index in [0.29, 0.717) is 18.4 Å². The summed E-state index contributed by atoms with van der Waals surface area (Å²) in [6.45, 7) is 7.48. The van der Waals surface area contributed by atoms with Crippen LogP contribution in [0.15, 0.2) is 0 Å². The molecule has 0 aromatic carbocycles. The van der Waals surface area contributed by atoms with Crippen LogP contribution < -0.4 is 11.1 Å². The number of amides is 1. The number of ether oxygens (including phenoxy) is 1. The van der Waals surface area contributed by atoms with Crippen LogP contribution in [0.1, 0.15) is 26.7 Å². The number of nitrogens with two attached hydrogens (primary N) is 1. The van der Waals surface area contributed by atoms with Gasteiger partial charge < -0.3 is 20.7 Å². The molecule has 4 unspecified atom stereocenters. The van der Waals surface area contributed by atoms with E-state index in [4.69, 9.17) is 10.5 Å². The number of nitrogens with one attached hydrogen (secondary N) is 1. The van der Waals surface area contributed by atoms with Gasteiger partial charge in [-0.1, -0.05) is 13.8 Å². The monoisotopic (exact) mass is 285 g/mol. The molecule has 0 bridgehead atoms. The molecule has 4 atom stereocenters. The van der Waals surface area contributed by atoms with Crippen molar-refractivity contribution in [3.05, 3.63) is 0 Å². The predicted molar refractivity (Wildman–Crippen MR) is 81.4 cm³/mol. The molecular formula is C15H31N3O2. The van der Waals surface area contributed by atoms with Crippen LogP contribution in [0, 0.1) is 17.8 Å². The summed E-state index contributed by atoms with van der Waals surface area (Å²) in [7, 11) is 3.73. The molecule has 0 aromatic rings. The third kappa shape index (κ3) is 5.38. The van der Waals surface area contributed by atoms with Gasteiger partial charge in [-0.2, -0.15) is 0 Å². The average Bonchev–Trinajstić information content (AvgIpc) is 2.40. The summed E-state index contributed by atoms with van der Waals surface area (Å²) in [5.74, 6) is 1.19. The summed E-state index contributed by atoms with van der Waals surface area (Å²) in [5.41, 5.74) is 6.10. The van der Waals surface area contributed by atoms with Gasteiger partial charge in [0.1, 0.15) is 0 Å². The van der Waals surface area contributed by atoms with Crippen LogP contribution in [-0.2, 0) is 9.53 Å². The number of methoxy groups -OCH3 is 1. The lowest BCUT2D eigenvalue weighted by Crippen LogP contribution is -2.46. The van der Waals surface area contributed by atoms with E-state index >= 15 is 0 Å². The molecule has 1 amide bonds. The Labute approximate surface area is 123 Å². The Morgan fingerprint density at radius 3 is 2.65 bits per heavy atom. The minimum absolute atomic E-state index is 0.0745. The third-order valence-electron chi connectivity index (χ3n) is 4.49. The molecule has 5 heteroatoms. The van der Waals surface area contributed by atoms with E-state index < -0.39 is 0 Å². The Kier molecular flexibility index (Phi) is 7.48. The van der Waals surface area contributed by atoms with E-state index in [2.05, 4.69) is 24.1 Å². The van der Waals surface area contributed by atoms with Gasteiger partial charge in [-0.25, -0.2) is 0 Å². The molecule has 0 radical (unpaired) electrons. The lowest BCUT2D eigenvalue weighted by Gasteiger charge is -2.36. The second kappa shape index (κ2) is 8.60. The number of nitrogens with zero attached hydrogens (tertiary/aromatic N) is 1. The van der Waals surface area contributed by atoms with E-state index in [1.807, 2.05) is 7.05 Å². The minimum Gasteiger partial charge on any atom is -0.383 e.